The minimum absolute atomic E-state index is 0.101. The molecule has 0 aromatic carbocycles. The number of carbonyl (C=O) groups is 1. The van der Waals surface area contributed by atoms with Crippen molar-refractivity contribution >= 4 is 5.97 Å². The van der Waals surface area contributed by atoms with E-state index >= 15 is 0 Å². The molecular weight excluding hydrogens is 128 g/mol. The van der Waals surface area contributed by atoms with Crippen molar-refractivity contribution in [1.29, 1.82) is 0 Å². The van der Waals surface area contributed by atoms with Crippen LogP contribution in [0.2, 0.25) is 0 Å². The van der Waals surface area contributed by atoms with Crippen LogP contribution in [0.5, 0.6) is 0 Å². The molecule has 2 heteroatoms. The second-order valence-electron chi connectivity index (χ2n) is 3.74. The molecule has 4 atom stereocenters. The topological polar surface area (TPSA) is 26.3 Å². The fourth-order valence-corrected chi connectivity index (χ4v) is 3.00. The van der Waals surface area contributed by atoms with Gasteiger partial charge in [-0.2, -0.15) is 0 Å². The van der Waals surface area contributed by atoms with Crippen molar-refractivity contribution in [2.45, 2.75) is 25.4 Å². The van der Waals surface area contributed by atoms with Gasteiger partial charge < -0.3 is 4.74 Å². The Morgan fingerprint density at radius 2 is 2.30 bits per heavy atom. The van der Waals surface area contributed by atoms with Gasteiger partial charge in [-0.25, -0.2) is 0 Å². The van der Waals surface area contributed by atoms with Gasteiger partial charge in [-0.15, -0.1) is 0 Å². The van der Waals surface area contributed by atoms with Crippen LogP contribution in [0.3, 0.4) is 0 Å². The maximum absolute atomic E-state index is 11.1. The van der Waals surface area contributed by atoms with Crippen molar-refractivity contribution in [1.82, 2.24) is 0 Å². The highest BCUT2D eigenvalue weighted by molar-refractivity contribution is 5.77. The molecule has 1 unspecified atom stereocenters. The molecule has 0 N–H and O–H groups in total. The zero-order chi connectivity index (χ0) is 6.72. The number of carbonyl (C=O) groups excluding carboxylic acids is 1. The van der Waals surface area contributed by atoms with Crippen LogP contribution < -0.4 is 0 Å². The monoisotopic (exact) mass is 138 g/mol. The zero-order valence-corrected chi connectivity index (χ0v) is 5.75. The van der Waals surface area contributed by atoms with Crippen LogP contribution in [0.4, 0.5) is 0 Å². The van der Waals surface area contributed by atoms with Gasteiger partial charge in [0, 0.05) is 5.92 Å². The summed E-state index contributed by atoms with van der Waals surface area (Å²) in [6.45, 7) is 0. The smallest absolute Gasteiger partial charge is 0.309 e. The van der Waals surface area contributed by atoms with Crippen molar-refractivity contribution in [3.8, 4) is 0 Å². The van der Waals surface area contributed by atoms with E-state index in [1.807, 2.05) is 0 Å². The molecule has 0 aromatic heterocycles. The lowest BCUT2D eigenvalue weighted by atomic mass is 9.97. The van der Waals surface area contributed by atoms with Crippen LogP contribution in [0.25, 0.3) is 0 Å². The van der Waals surface area contributed by atoms with Crippen molar-refractivity contribution in [2.75, 3.05) is 0 Å². The summed E-state index contributed by atoms with van der Waals surface area (Å²) >= 11 is 0. The van der Waals surface area contributed by atoms with Gasteiger partial charge >= 0.3 is 5.97 Å². The Labute approximate surface area is 59.6 Å². The predicted molar refractivity (Wildman–Crippen MR) is 34.2 cm³/mol. The van der Waals surface area contributed by atoms with Crippen LogP contribution in [-0.2, 0) is 9.53 Å². The van der Waals surface area contributed by atoms with Gasteiger partial charge in [0.25, 0.3) is 0 Å². The number of rotatable bonds is 0. The van der Waals surface area contributed by atoms with Gasteiger partial charge in [-0.05, 0) is 25.2 Å². The van der Waals surface area contributed by atoms with E-state index in [1.54, 1.807) is 0 Å². The Hall–Kier alpha value is -0.530. The lowest BCUT2D eigenvalue weighted by molar-refractivity contribution is -0.150. The molecule has 3 aliphatic rings. The summed E-state index contributed by atoms with van der Waals surface area (Å²) in [7, 11) is 0. The van der Waals surface area contributed by atoms with Crippen LogP contribution in [0, 0.1) is 17.8 Å². The molecule has 0 radical (unpaired) electrons. The molecule has 0 amide bonds. The molecule has 10 heavy (non-hydrogen) atoms. The van der Waals surface area contributed by atoms with E-state index in [9.17, 15) is 4.79 Å². The van der Waals surface area contributed by atoms with Crippen LogP contribution in [0.15, 0.2) is 0 Å². The molecule has 1 heterocycles. The molecule has 2 nitrogen and oxygen atoms in total. The summed E-state index contributed by atoms with van der Waals surface area (Å²) in [5, 5.41) is 0. The highest BCUT2D eigenvalue weighted by atomic mass is 16.6. The Balaban J connectivity index is 2.06. The summed E-state index contributed by atoms with van der Waals surface area (Å²) in [5.41, 5.74) is 0. The molecular formula is C8H10O2. The molecule has 2 aliphatic carbocycles. The van der Waals surface area contributed by atoms with E-state index in [2.05, 4.69) is 0 Å². The van der Waals surface area contributed by atoms with Crippen molar-refractivity contribution in [3.63, 3.8) is 0 Å². The normalized spacial score (nSPS) is 55.8. The lowest BCUT2D eigenvalue weighted by Crippen LogP contribution is -2.22. The van der Waals surface area contributed by atoms with Crippen molar-refractivity contribution in [2.24, 2.45) is 17.8 Å². The quantitative estimate of drug-likeness (QED) is 0.466. The third-order valence-corrected chi connectivity index (χ3v) is 3.39. The predicted octanol–water partition coefficient (Wildman–Crippen LogP) is 0.958. The molecule has 2 saturated carbocycles. The Morgan fingerprint density at radius 1 is 1.40 bits per heavy atom. The molecule has 3 rings (SSSR count). The summed E-state index contributed by atoms with van der Waals surface area (Å²) in [6, 6.07) is 0. The van der Waals surface area contributed by atoms with Crippen LogP contribution >= 0.6 is 0 Å². The number of esters is 1. The first-order valence-electron chi connectivity index (χ1n) is 4.07. The summed E-state index contributed by atoms with van der Waals surface area (Å²) in [6.07, 6.45) is 4.02. The fraction of sp³-hybridized carbons (Fsp3) is 0.875. The third kappa shape index (κ3) is 0.386. The average molecular weight is 138 g/mol. The van der Waals surface area contributed by atoms with E-state index in [-0.39, 0.29) is 5.97 Å². The van der Waals surface area contributed by atoms with Crippen molar-refractivity contribution < 1.29 is 9.53 Å². The SMILES string of the molecule is O=C1O[C@H]2C[C@@H]3CC[C@H]2C13. The van der Waals surface area contributed by atoms with E-state index < -0.39 is 0 Å². The molecule has 1 aliphatic heterocycles. The molecule has 0 aromatic rings. The summed E-state index contributed by atoms with van der Waals surface area (Å²) < 4.78 is 5.16. The molecule has 1 saturated heterocycles. The van der Waals surface area contributed by atoms with Gasteiger partial charge in [0.1, 0.15) is 6.10 Å². The van der Waals surface area contributed by atoms with E-state index in [1.165, 1.54) is 19.3 Å². The number of ether oxygens (including phenoxy) is 1. The van der Waals surface area contributed by atoms with Crippen LogP contribution in [-0.4, -0.2) is 12.1 Å². The first kappa shape index (κ1) is 5.16. The van der Waals surface area contributed by atoms with Crippen LogP contribution in [0.1, 0.15) is 19.3 Å². The van der Waals surface area contributed by atoms with Gasteiger partial charge in [0.2, 0.25) is 0 Å². The lowest BCUT2D eigenvalue weighted by Gasteiger charge is -2.20. The number of hydrogen-bond acceptors (Lipinski definition) is 2. The molecule has 4 bridgehead atoms. The molecule has 3 fully saturated rings. The highest BCUT2D eigenvalue weighted by Gasteiger charge is 2.58. The Bertz CT molecular complexity index is 199. The third-order valence-electron chi connectivity index (χ3n) is 3.39. The first-order valence-corrected chi connectivity index (χ1v) is 4.07. The average Bonchev–Trinajstić information content (AvgIpc) is 2.49. The maximum atomic E-state index is 11.1. The summed E-state index contributed by atoms with van der Waals surface area (Å²) in [5.74, 6) is 1.75. The van der Waals surface area contributed by atoms with E-state index in [4.69, 9.17) is 4.74 Å². The molecule has 0 spiro atoms. The minimum atomic E-state index is 0.101. The van der Waals surface area contributed by atoms with Gasteiger partial charge in [-0.3, -0.25) is 4.79 Å². The van der Waals surface area contributed by atoms with Gasteiger partial charge in [0.15, 0.2) is 0 Å². The Kier molecular flexibility index (Phi) is 0.715. The second-order valence-corrected chi connectivity index (χ2v) is 3.74. The van der Waals surface area contributed by atoms with Crippen molar-refractivity contribution in [3.05, 3.63) is 0 Å². The maximum Gasteiger partial charge on any atom is 0.309 e. The van der Waals surface area contributed by atoms with E-state index in [0.717, 1.165) is 0 Å². The van der Waals surface area contributed by atoms with Gasteiger partial charge in [0.05, 0.1) is 5.92 Å². The second kappa shape index (κ2) is 1.39. The van der Waals surface area contributed by atoms with E-state index in [0.29, 0.717) is 23.9 Å². The zero-order valence-electron chi connectivity index (χ0n) is 5.75. The summed E-state index contributed by atoms with van der Waals surface area (Å²) in [4.78, 5) is 11.1. The standard InChI is InChI=1S/C8H10O2/c9-8-7-4-1-2-5(7)6(3-4)10-8/h4-7H,1-3H2/t4-,5+,6-,7?/m0/s1. The largest absolute Gasteiger partial charge is 0.462 e. The molecule has 54 valence electrons. The minimum Gasteiger partial charge on any atom is -0.462 e. The first-order chi connectivity index (χ1) is 4.86. The van der Waals surface area contributed by atoms with Gasteiger partial charge in [-0.1, -0.05) is 0 Å². The Morgan fingerprint density at radius 3 is 2.90 bits per heavy atom. The highest BCUT2D eigenvalue weighted by Crippen LogP contribution is 2.55. The number of hydrogen-bond donors (Lipinski definition) is 0. The fourth-order valence-electron chi connectivity index (χ4n) is 3.00.